The molecule has 3 heterocycles. The van der Waals surface area contributed by atoms with E-state index in [9.17, 15) is 9.59 Å². The van der Waals surface area contributed by atoms with E-state index in [0.29, 0.717) is 33.0 Å². The highest BCUT2D eigenvalue weighted by atomic mass is 79.9. The summed E-state index contributed by atoms with van der Waals surface area (Å²) in [7, 11) is 0. The first-order valence-corrected chi connectivity index (χ1v) is 9.98. The largest absolute Gasteiger partial charge is 0.422 e. The minimum Gasteiger partial charge on any atom is -0.422 e. The SMILES string of the molecule is O=c1oc2ccccc2cc1-c1csc(-c2cc3cc(Br)ccc3oc2=O)n1. The van der Waals surface area contributed by atoms with E-state index in [4.69, 9.17) is 8.83 Å². The lowest BCUT2D eigenvalue weighted by Crippen LogP contribution is -2.04. The molecule has 0 aliphatic carbocycles. The van der Waals surface area contributed by atoms with Crippen LogP contribution in [0.25, 0.3) is 43.8 Å². The second-order valence-corrected chi connectivity index (χ2v) is 7.93. The second kappa shape index (κ2) is 6.54. The number of halogens is 1. The summed E-state index contributed by atoms with van der Waals surface area (Å²) in [5.74, 6) is 0. The van der Waals surface area contributed by atoms with Crippen LogP contribution in [0.3, 0.4) is 0 Å². The Bertz CT molecular complexity index is 1480. The van der Waals surface area contributed by atoms with Crippen molar-refractivity contribution >= 4 is 49.2 Å². The van der Waals surface area contributed by atoms with Crippen molar-refractivity contribution in [3.63, 3.8) is 0 Å². The molecule has 2 aromatic carbocycles. The Balaban J connectivity index is 1.65. The van der Waals surface area contributed by atoms with Gasteiger partial charge in [-0.15, -0.1) is 11.3 Å². The molecule has 0 amide bonds. The highest BCUT2D eigenvalue weighted by Crippen LogP contribution is 2.29. The van der Waals surface area contributed by atoms with Crippen LogP contribution < -0.4 is 11.3 Å². The molecule has 0 radical (unpaired) electrons. The van der Waals surface area contributed by atoms with Crippen LogP contribution in [0.4, 0.5) is 0 Å². The zero-order valence-corrected chi connectivity index (χ0v) is 16.5. The number of hydrogen-bond acceptors (Lipinski definition) is 6. The summed E-state index contributed by atoms with van der Waals surface area (Å²) < 4.78 is 11.7. The van der Waals surface area contributed by atoms with Gasteiger partial charge in [0.15, 0.2) is 0 Å². The Morgan fingerprint density at radius 3 is 2.39 bits per heavy atom. The van der Waals surface area contributed by atoms with E-state index in [0.717, 1.165) is 15.2 Å². The molecule has 0 saturated carbocycles. The monoisotopic (exact) mass is 451 g/mol. The zero-order chi connectivity index (χ0) is 19.3. The number of rotatable bonds is 2. The van der Waals surface area contributed by atoms with Crippen LogP contribution in [0.15, 0.2) is 82.9 Å². The molecule has 3 aromatic heterocycles. The van der Waals surface area contributed by atoms with E-state index >= 15 is 0 Å². The molecule has 0 aliphatic heterocycles. The summed E-state index contributed by atoms with van der Waals surface area (Å²) >= 11 is 4.69. The Morgan fingerprint density at radius 1 is 0.821 bits per heavy atom. The molecule has 0 atom stereocenters. The molecule has 136 valence electrons. The minimum absolute atomic E-state index is 0.354. The number of para-hydroxylation sites is 1. The van der Waals surface area contributed by atoms with E-state index in [1.807, 2.05) is 30.3 Å². The molecule has 5 rings (SSSR count). The minimum atomic E-state index is -0.471. The van der Waals surface area contributed by atoms with Crippen LogP contribution in [0, 0.1) is 0 Å². The molecule has 0 bridgehead atoms. The van der Waals surface area contributed by atoms with Gasteiger partial charge in [-0.05, 0) is 36.4 Å². The lowest BCUT2D eigenvalue weighted by atomic mass is 10.1. The van der Waals surface area contributed by atoms with Crippen molar-refractivity contribution in [1.29, 1.82) is 0 Å². The topological polar surface area (TPSA) is 73.3 Å². The van der Waals surface area contributed by atoms with Gasteiger partial charge in [-0.1, -0.05) is 34.1 Å². The molecule has 0 N–H and O–H groups in total. The number of fused-ring (bicyclic) bond motifs is 2. The van der Waals surface area contributed by atoms with E-state index in [2.05, 4.69) is 20.9 Å². The highest BCUT2D eigenvalue weighted by molar-refractivity contribution is 9.10. The first kappa shape index (κ1) is 17.1. The predicted octanol–water partition coefficient (Wildman–Crippen LogP) is 5.45. The quantitative estimate of drug-likeness (QED) is 0.333. The standard InChI is InChI=1S/C21H10BrNO4S/c22-13-5-6-18-12(7-13)9-15(21(25)27-18)19-23-16(10-28-19)14-8-11-3-1-2-4-17(11)26-20(14)24/h1-10H. The molecular weight excluding hydrogens is 442 g/mol. The van der Waals surface area contributed by atoms with Crippen LogP contribution in [0.5, 0.6) is 0 Å². The highest BCUT2D eigenvalue weighted by Gasteiger charge is 2.15. The van der Waals surface area contributed by atoms with Crippen LogP contribution in [-0.4, -0.2) is 4.98 Å². The van der Waals surface area contributed by atoms with Crippen molar-refractivity contribution in [2.45, 2.75) is 0 Å². The van der Waals surface area contributed by atoms with Crippen molar-refractivity contribution in [3.05, 3.63) is 85.3 Å². The number of benzene rings is 2. The normalized spacial score (nSPS) is 11.3. The molecule has 0 unspecified atom stereocenters. The lowest BCUT2D eigenvalue weighted by Gasteiger charge is -2.01. The zero-order valence-electron chi connectivity index (χ0n) is 14.1. The number of hydrogen-bond donors (Lipinski definition) is 0. The molecule has 0 aliphatic rings. The average Bonchev–Trinajstić information content (AvgIpc) is 3.17. The van der Waals surface area contributed by atoms with Crippen molar-refractivity contribution in [2.75, 3.05) is 0 Å². The van der Waals surface area contributed by atoms with Crippen LogP contribution in [0.2, 0.25) is 0 Å². The lowest BCUT2D eigenvalue weighted by molar-refractivity contribution is 0.563. The fraction of sp³-hybridized carbons (Fsp3) is 0. The first-order chi connectivity index (χ1) is 13.6. The molecule has 0 saturated heterocycles. The molecular formula is C21H10BrNO4S. The molecule has 0 spiro atoms. The van der Waals surface area contributed by atoms with Crippen molar-refractivity contribution < 1.29 is 8.83 Å². The number of aromatic nitrogens is 1. The van der Waals surface area contributed by atoms with Crippen LogP contribution >= 0.6 is 27.3 Å². The van der Waals surface area contributed by atoms with Crippen molar-refractivity contribution in [3.8, 4) is 21.8 Å². The summed E-state index contributed by atoms with van der Waals surface area (Å²) in [6, 6.07) is 16.2. The maximum atomic E-state index is 12.4. The van der Waals surface area contributed by atoms with Gasteiger partial charge in [0, 0.05) is 20.6 Å². The fourth-order valence-electron chi connectivity index (χ4n) is 3.01. The van der Waals surface area contributed by atoms with Gasteiger partial charge in [-0.2, -0.15) is 0 Å². The van der Waals surface area contributed by atoms with Crippen LogP contribution in [-0.2, 0) is 0 Å². The molecule has 7 heteroatoms. The Labute approximate surface area is 170 Å². The summed E-state index contributed by atoms with van der Waals surface area (Å²) in [6.07, 6.45) is 0. The Kier molecular flexibility index (Phi) is 3.99. The first-order valence-electron chi connectivity index (χ1n) is 8.31. The number of nitrogens with zero attached hydrogens (tertiary/aromatic N) is 1. The van der Waals surface area contributed by atoms with E-state index < -0.39 is 11.3 Å². The smallest absolute Gasteiger partial charge is 0.346 e. The van der Waals surface area contributed by atoms with Gasteiger partial charge in [-0.3, -0.25) is 0 Å². The van der Waals surface area contributed by atoms with Gasteiger partial charge >= 0.3 is 11.3 Å². The van der Waals surface area contributed by atoms with Gasteiger partial charge in [-0.25, -0.2) is 14.6 Å². The fourth-order valence-corrected chi connectivity index (χ4v) is 4.21. The number of thiazole rings is 1. The molecule has 5 aromatic rings. The molecule has 28 heavy (non-hydrogen) atoms. The summed E-state index contributed by atoms with van der Waals surface area (Å²) in [5, 5.41) is 3.81. The predicted molar refractivity (Wildman–Crippen MR) is 113 cm³/mol. The second-order valence-electron chi connectivity index (χ2n) is 6.15. The van der Waals surface area contributed by atoms with E-state index in [1.54, 1.807) is 29.6 Å². The van der Waals surface area contributed by atoms with Crippen molar-refractivity contribution in [1.82, 2.24) is 4.98 Å². The third kappa shape index (κ3) is 2.89. The van der Waals surface area contributed by atoms with Gasteiger partial charge in [0.2, 0.25) is 0 Å². The van der Waals surface area contributed by atoms with Gasteiger partial charge in [0.25, 0.3) is 0 Å². The van der Waals surface area contributed by atoms with Crippen LogP contribution in [0.1, 0.15) is 0 Å². The third-order valence-corrected chi connectivity index (χ3v) is 5.72. The third-order valence-electron chi connectivity index (χ3n) is 4.35. The summed E-state index contributed by atoms with van der Waals surface area (Å²) in [4.78, 5) is 29.3. The molecule has 5 nitrogen and oxygen atoms in total. The average molecular weight is 452 g/mol. The maximum absolute atomic E-state index is 12.4. The van der Waals surface area contributed by atoms with Gasteiger partial charge in [0.1, 0.15) is 16.2 Å². The van der Waals surface area contributed by atoms with E-state index in [-0.39, 0.29) is 0 Å². The maximum Gasteiger partial charge on any atom is 0.346 e. The Morgan fingerprint density at radius 2 is 1.54 bits per heavy atom. The summed E-state index contributed by atoms with van der Waals surface area (Å²) in [5.41, 5.74) is 1.26. The van der Waals surface area contributed by atoms with Gasteiger partial charge in [0.05, 0.1) is 16.8 Å². The van der Waals surface area contributed by atoms with Gasteiger partial charge < -0.3 is 8.83 Å². The van der Waals surface area contributed by atoms with Crippen molar-refractivity contribution in [2.24, 2.45) is 0 Å². The summed E-state index contributed by atoms with van der Waals surface area (Å²) in [6.45, 7) is 0. The van der Waals surface area contributed by atoms with E-state index in [1.165, 1.54) is 11.3 Å². The molecule has 0 fully saturated rings. The Hall–Kier alpha value is -3.03.